The number of benzene rings is 2. The molecule has 0 bridgehead atoms. The minimum Gasteiger partial charge on any atom is -0.497 e. The van der Waals surface area contributed by atoms with Crippen LogP contribution in [-0.2, 0) is 11.2 Å². The van der Waals surface area contributed by atoms with E-state index in [0.29, 0.717) is 79.2 Å². The molecule has 0 saturated carbocycles. The van der Waals surface area contributed by atoms with Crippen LogP contribution in [0, 0.1) is 0 Å². The molecule has 184 valence electrons. The fraction of sp³-hybridized carbons (Fsp3) is 0.360. The van der Waals surface area contributed by atoms with Gasteiger partial charge in [-0.1, -0.05) is 16.8 Å². The minimum absolute atomic E-state index is 0.0524. The lowest BCUT2D eigenvalue weighted by Crippen LogP contribution is -2.50. The van der Waals surface area contributed by atoms with Crippen LogP contribution in [-0.4, -0.2) is 72.2 Å². The Morgan fingerprint density at radius 2 is 1.71 bits per heavy atom. The summed E-state index contributed by atoms with van der Waals surface area (Å²) < 4.78 is 15.9. The van der Waals surface area contributed by atoms with Gasteiger partial charge < -0.3 is 23.8 Å². The van der Waals surface area contributed by atoms with Crippen molar-refractivity contribution in [1.29, 1.82) is 0 Å². The summed E-state index contributed by atoms with van der Waals surface area (Å²) in [7, 11) is 3.09. The van der Waals surface area contributed by atoms with Crippen molar-refractivity contribution in [3.63, 3.8) is 0 Å². The number of methoxy groups -OCH3 is 2. The van der Waals surface area contributed by atoms with Crippen LogP contribution in [0.3, 0.4) is 0 Å². The second-order valence-electron chi connectivity index (χ2n) is 8.11. The lowest BCUT2D eigenvalue weighted by atomic mass is 10.1. The highest BCUT2D eigenvalue weighted by Gasteiger charge is 2.26. The molecule has 1 fully saturated rings. The predicted octanol–water partition coefficient (Wildman–Crippen LogP) is 3.71. The van der Waals surface area contributed by atoms with Crippen molar-refractivity contribution in [1.82, 2.24) is 19.9 Å². The van der Waals surface area contributed by atoms with E-state index in [4.69, 9.17) is 25.6 Å². The highest BCUT2D eigenvalue weighted by Crippen LogP contribution is 2.26. The molecular formula is C25H27ClN4O5. The zero-order valence-electron chi connectivity index (χ0n) is 19.7. The molecule has 0 N–H and O–H groups in total. The van der Waals surface area contributed by atoms with Crippen molar-refractivity contribution in [2.75, 3.05) is 40.4 Å². The predicted molar refractivity (Wildman–Crippen MR) is 130 cm³/mol. The van der Waals surface area contributed by atoms with E-state index in [1.54, 1.807) is 47.2 Å². The van der Waals surface area contributed by atoms with E-state index in [0.717, 1.165) is 5.56 Å². The summed E-state index contributed by atoms with van der Waals surface area (Å²) in [5.41, 5.74) is 1.30. The fourth-order valence-corrected chi connectivity index (χ4v) is 4.05. The van der Waals surface area contributed by atoms with Gasteiger partial charge in [-0.15, -0.1) is 0 Å². The van der Waals surface area contributed by atoms with Crippen LogP contribution in [0.1, 0.15) is 29.1 Å². The number of ether oxygens (including phenoxy) is 2. The van der Waals surface area contributed by atoms with Gasteiger partial charge in [-0.2, -0.15) is 4.98 Å². The molecule has 2 heterocycles. The van der Waals surface area contributed by atoms with Gasteiger partial charge in [0.25, 0.3) is 5.91 Å². The molecule has 9 nitrogen and oxygen atoms in total. The molecule has 1 aliphatic heterocycles. The van der Waals surface area contributed by atoms with Crippen LogP contribution < -0.4 is 9.47 Å². The summed E-state index contributed by atoms with van der Waals surface area (Å²) in [5.74, 6) is 2.01. The van der Waals surface area contributed by atoms with Gasteiger partial charge in [0, 0.05) is 55.7 Å². The van der Waals surface area contributed by atoms with Gasteiger partial charge in [0.05, 0.1) is 19.8 Å². The lowest BCUT2D eigenvalue weighted by molar-refractivity contribution is -0.132. The van der Waals surface area contributed by atoms with E-state index in [1.165, 1.54) is 7.11 Å². The smallest absolute Gasteiger partial charge is 0.257 e. The number of amides is 2. The molecule has 4 rings (SSSR count). The van der Waals surface area contributed by atoms with Crippen molar-refractivity contribution in [3.8, 4) is 22.9 Å². The number of aryl methyl sites for hydroxylation is 1. The standard InChI is InChI=1S/C25H27ClN4O5/c1-33-19-10-11-20(21(16-19)34-2)25(32)30-14-12-29(13-15-30)23(31)5-3-4-22-27-24(28-35-22)17-6-8-18(26)9-7-17/h6-11,16H,3-5,12-15H2,1-2H3. The second-order valence-corrected chi connectivity index (χ2v) is 8.55. The van der Waals surface area contributed by atoms with Crippen molar-refractivity contribution >= 4 is 23.4 Å². The Morgan fingerprint density at radius 1 is 1.00 bits per heavy atom. The molecule has 3 aromatic rings. The maximum atomic E-state index is 13.0. The largest absolute Gasteiger partial charge is 0.497 e. The molecule has 1 aliphatic rings. The summed E-state index contributed by atoms with van der Waals surface area (Å²) in [6.07, 6.45) is 1.49. The van der Waals surface area contributed by atoms with Gasteiger partial charge >= 0.3 is 0 Å². The molecule has 35 heavy (non-hydrogen) atoms. The van der Waals surface area contributed by atoms with Crippen LogP contribution >= 0.6 is 11.6 Å². The van der Waals surface area contributed by atoms with Gasteiger partial charge in [0.15, 0.2) is 0 Å². The monoisotopic (exact) mass is 498 g/mol. The molecule has 0 unspecified atom stereocenters. The van der Waals surface area contributed by atoms with Crippen molar-refractivity contribution in [2.24, 2.45) is 0 Å². The van der Waals surface area contributed by atoms with Crippen molar-refractivity contribution < 1.29 is 23.6 Å². The quantitative estimate of drug-likeness (QED) is 0.467. The molecule has 10 heteroatoms. The van der Waals surface area contributed by atoms with E-state index in [2.05, 4.69) is 10.1 Å². The third-order valence-corrected chi connectivity index (χ3v) is 6.16. The van der Waals surface area contributed by atoms with Gasteiger partial charge in [0.1, 0.15) is 11.5 Å². The van der Waals surface area contributed by atoms with Gasteiger partial charge in [-0.3, -0.25) is 9.59 Å². The Bertz CT molecular complexity index is 1170. The maximum Gasteiger partial charge on any atom is 0.257 e. The maximum absolute atomic E-state index is 13.0. The summed E-state index contributed by atoms with van der Waals surface area (Å²) in [4.78, 5) is 33.6. The highest BCUT2D eigenvalue weighted by molar-refractivity contribution is 6.30. The van der Waals surface area contributed by atoms with Gasteiger partial charge in [0.2, 0.25) is 17.6 Å². The number of carbonyl (C=O) groups is 2. The van der Waals surface area contributed by atoms with Crippen molar-refractivity contribution in [2.45, 2.75) is 19.3 Å². The summed E-state index contributed by atoms with van der Waals surface area (Å²) in [6, 6.07) is 12.3. The first kappa shape index (κ1) is 24.5. The number of hydrogen-bond acceptors (Lipinski definition) is 7. The third-order valence-electron chi connectivity index (χ3n) is 5.91. The molecule has 2 amide bonds. The van der Waals surface area contributed by atoms with Crippen LogP contribution in [0.4, 0.5) is 0 Å². The Morgan fingerprint density at radius 3 is 2.40 bits per heavy atom. The summed E-state index contributed by atoms with van der Waals surface area (Å²) in [5, 5.41) is 4.64. The van der Waals surface area contributed by atoms with E-state index in [1.807, 2.05) is 12.1 Å². The van der Waals surface area contributed by atoms with E-state index in [9.17, 15) is 9.59 Å². The first-order chi connectivity index (χ1) is 17.0. The first-order valence-corrected chi connectivity index (χ1v) is 11.7. The Kier molecular flexibility index (Phi) is 7.87. The van der Waals surface area contributed by atoms with Gasteiger partial charge in [-0.25, -0.2) is 0 Å². The summed E-state index contributed by atoms with van der Waals surface area (Å²) >= 11 is 5.91. The molecule has 1 aromatic heterocycles. The number of aromatic nitrogens is 2. The lowest BCUT2D eigenvalue weighted by Gasteiger charge is -2.35. The average Bonchev–Trinajstić information content (AvgIpc) is 3.37. The minimum atomic E-state index is -0.121. The number of rotatable bonds is 8. The zero-order chi connectivity index (χ0) is 24.8. The Balaban J connectivity index is 1.24. The molecule has 0 atom stereocenters. The Labute approximate surface area is 208 Å². The van der Waals surface area contributed by atoms with E-state index < -0.39 is 0 Å². The van der Waals surface area contributed by atoms with Crippen molar-refractivity contribution in [3.05, 3.63) is 58.9 Å². The van der Waals surface area contributed by atoms with E-state index >= 15 is 0 Å². The molecule has 2 aromatic carbocycles. The third kappa shape index (κ3) is 5.92. The normalized spacial score (nSPS) is 13.6. The number of hydrogen-bond donors (Lipinski definition) is 0. The second kappa shape index (κ2) is 11.2. The first-order valence-electron chi connectivity index (χ1n) is 11.4. The SMILES string of the molecule is COc1ccc(C(=O)N2CCN(C(=O)CCCc3nc(-c4ccc(Cl)cc4)no3)CC2)c(OC)c1. The molecule has 0 spiro atoms. The van der Waals surface area contributed by atoms with Gasteiger partial charge in [-0.05, 0) is 42.8 Å². The average molecular weight is 499 g/mol. The van der Waals surface area contributed by atoms with Crippen LogP contribution in [0.25, 0.3) is 11.4 Å². The van der Waals surface area contributed by atoms with Crippen LogP contribution in [0.15, 0.2) is 47.0 Å². The number of carbonyl (C=O) groups excluding carboxylic acids is 2. The number of nitrogens with zero attached hydrogens (tertiary/aromatic N) is 4. The highest BCUT2D eigenvalue weighted by atomic mass is 35.5. The topological polar surface area (TPSA) is 98.0 Å². The summed E-state index contributed by atoms with van der Waals surface area (Å²) in [6.45, 7) is 1.91. The van der Waals surface area contributed by atoms with Crippen LogP contribution in [0.2, 0.25) is 5.02 Å². The number of halogens is 1. The molecule has 0 radical (unpaired) electrons. The zero-order valence-corrected chi connectivity index (χ0v) is 20.5. The molecular weight excluding hydrogens is 472 g/mol. The van der Waals surface area contributed by atoms with Crippen LogP contribution in [0.5, 0.6) is 11.5 Å². The fourth-order valence-electron chi connectivity index (χ4n) is 3.93. The van der Waals surface area contributed by atoms with E-state index in [-0.39, 0.29) is 11.8 Å². The molecule has 0 aliphatic carbocycles. The Hall–Kier alpha value is -3.59. The molecule has 1 saturated heterocycles. The number of piperazine rings is 1.